The lowest BCUT2D eigenvalue weighted by Gasteiger charge is -2.07. The zero-order valence-corrected chi connectivity index (χ0v) is 13.2. The van der Waals surface area contributed by atoms with Gasteiger partial charge in [0.2, 0.25) is 5.88 Å². The van der Waals surface area contributed by atoms with Gasteiger partial charge >= 0.3 is 0 Å². The summed E-state index contributed by atoms with van der Waals surface area (Å²) in [6.07, 6.45) is 1.14. The molecule has 0 unspecified atom stereocenters. The van der Waals surface area contributed by atoms with Gasteiger partial charge in [-0.2, -0.15) is 0 Å². The van der Waals surface area contributed by atoms with Crippen molar-refractivity contribution in [2.45, 2.75) is 4.90 Å². The topological polar surface area (TPSA) is 84.0 Å². The Labute approximate surface area is 128 Å². The molecule has 0 aromatic carbocycles. The van der Waals surface area contributed by atoms with Crippen LogP contribution in [0.5, 0.6) is 5.88 Å². The molecule has 0 aliphatic carbocycles. The molecule has 0 radical (unpaired) electrons. The van der Waals surface area contributed by atoms with Crippen LogP contribution in [0.25, 0.3) is 0 Å². The van der Waals surface area contributed by atoms with Gasteiger partial charge in [0.05, 0.1) is 39.2 Å². The number of hydrogen-bond donors (Lipinski definition) is 0. The van der Waals surface area contributed by atoms with Crippen LogP contribution in [0, 0.1) is 0 Å². The Bertz CT molecular complexity index is 493. The predicted octanol–water partition coefficient (Wildman–Crippen LogP) is 1.07. The number of ether oxygens (including phenoxy) is 4. The number of hydrogen-bond acceptors (Lipinski definition) is 7. The molecular formula is C12H18ClNO6S. The van der Waals surface area contributed by atoms with E-state index in [1.165, 1.54) is 12.1 Å². The third-order valence-electron chi connectivity index (χ3n) is 2.27. The molecule has 1 rings (SSSR count). The zero-order valence-electron chi connectivity index (χ0n) is 11.7. The van der Waals surface area contributed by atoms with Crippen molar-refractivity contribution in [1.82, 2.24) is 4.98 Å². The van der Waals surface area contributed by atoms with Gasteiger partial charge in [0.1, 0.15) is 11.5 Å². The van der Waals surface area contributed by atoms with Crippen molar-refractivity contribution in [3.05, 3.63) is 18.3 Å². The summed E-state index contributed by atoms with van der Waals surface area (Å²) < 4.78 is 42.6. The fraction of sp³-hybridized carbons (Fsp3) is 0.583. The van der Waals surface area contributed by atoms with E-state index in [4.69, 9.17) is 29.6 Å². The van der Waals surface area contributed by atoms with Gasteiger partial charge in [-0.1, -0.05) is 0 Å². The first kappa shape index (κ1) is 18.1. The molecule has 1 aromatic heterocycles. The van der Waals surface area contributed by atoms with E-state index < -0.39 is 9.05 Å². The second-order valence-corrected chi connectivity index (χ2v) is 6.40. The molecule has 0 atom stereocenters. The van der Waals surface area contributed by atoms with E-state index in [9.17, 15) is 8.42 Å². The quantitative estimate of drug-likeness (QED) is 0.440. The first-order chi connectivity index (χ1) is 10.0. The molecular weight excluding hydrogens is 322 g/mol. The molecule has 0 fully saturated rings. The minimum absolute atomic E-state index is 0.0685. The van der Waals surface area contributed by atoms with Crippen LogP contribution in [0.1, 0.15) is 0 Å². The number of halogens is 1. The average molecular weight is 340 g/mol. The van der Waals surface area contributed by atoms with Crippen molar-refractivity contribution in [3.8, 4) is 5.88 Å². The standard InChI is InChI=1S/C12H18ClNO6S/c1-17-4-5-18-6-7-19-8-9-20-12-3-2-11(10-14-12)21(13,15)16/h2-3,10H,4-9H2,1H3. The molecule has 120 valence electrons. The Balaban J connectivity index is 2.10. The lowest BCUT2D eigenvalue weighted by Crippen LogP contribution is -2.12. The highest BCUT2D eigenvalue weighted by molar-refractivity contribution is 8.13. The zero-order chi connectivity index (χ0) is 15.6. The first-order valence-electron chi connectivity index (χ1n) is 6.22. The van der Waals surface area contributed by atoms with E-state index in [1.807, 2.05) is 0 Å². The lowest BCUT2D eigenvalue weighted by atomic mass is 10.5. The summed E-state index contributed by atoms with van der Waals surface area (Å²) in [7, 11) is 3.03. The monoisotopic (exact) mass is 339 g/mol. The molecule has 0 amide bonds. The summed E-state index contributed by atoms with van der Waals surface area (Å²) >= 11 is 0. The SMILES string of the molecule is COCCOCCOCCOc1ccc(S(=O)(=O)Cl)cn1. The maximum atomic E-state index is 11.0. The van der Waals surface area contributed by atoms with E-state index in [1.54, 1.807) is 7.11 Å². The maximum Gasteiger partial charge on any atom is 0.262 e. The van der Waals surface area contributed by atoms with Crippen molar-refractivity contribution < 1.29 is 27.4 Å². The molecule has 0 aliphatic heterocycles. The molecule has 1 heterocycles. The first-order valence-corrected chi connectivity index (χ1v) is 8.53. The normalized spacial score (nSPS) is 11.5. The highest BCUT2D eigenvalue weighted by Crippen LogP contribution is 2.15. The number of aromatic nitrogens is 1. The number of nitrogens with zero attached hydrogens (tertiary/aromatic N) is 1. The van der Waals surface area contributed by atoms with E-state index in [0.717, 1.165) is 6.20 Å². The van der Waals surface area contributed by atoms with Crippen molar-refractivity contribution in [2.75, 3.05) is 46.8 Å². The molecule has 0 N–H and O–H groups in total. The summed E-state index contributed by atoms with van der Waals surface area (Å²) in [6, 6.07) is 2.76. The van der Waals surface area contributed by atoms with Gasteiger partial charge in [0.15, 0.2) is 0 Å². The van der Waals surface area contributed by atoms with Crippen molar-refractivity contribution in [1.29, 1.82) is 0 Å². The molecule has 7 nitrogen and oxygen atoms in total. The second-order valence-electron chi connectivity index (χ2n) is 3.84. The summed E-state index contributed by atoms with van der Waals surface area (Å²) in [5, 5.41) is 0. The highest BCUT2D eigenvalue weighted by atomic mass is 35.7. The Kier molecular flexibility index (Phi) is 8.55. The van der Waals surface area contributed by atoms with Crippen molar-refractivity contribution in [3.63, 3.8) is 0 Å². The molecule has 21 heavy (non-hydrogen) atoms. The van der Waals surface area contributed by atoms with Crippen molar-refractivity contribution >= 4 is 19.7 Å². The number of rotatable bonds is 11. The van der Waals surface area contributed by atoms with Crippen LogP contribution in [-0.4, -0.2) is 60.2 Å². The number of pyridine rings is 1. The van der Waals surface area contributed by atoms with Gasteiger partial charge in [0.25, 0.3) is 9.05 Å². The van der Waals surface area contributed by atoms with Crippen LogP contribution < -0.4 is 4.74 Å². The van der Waals surface area contributed by atoms with Gasteiger partial charge in [-0.15, -0.1) is 0 Å². The van der Waals surface area contributed by atoms with Gasteiger partial charge in [-0.25, -0.2) is 13.4 Å². The Morgan fingerprint density at radius 2 is 1.67 bits per heavy atom. The smallest absolute Gasteiger partial charge is 0.262 e. The van der Waals surface area contributed by atoms with Crippen LogP contribution in [0.2, 0.25) is 0 Å². The lowest BCUT2D eigenvalue weighted by molar-refractivity contribution is 0.0176. The highest BCUT2D eigenvalue weighted by Gasteiger charge is 2.10. The fourth-order valence-corrected chi connectivity index (χ4v) is 1.95. The Hall–Kier alpha value is -0.930. The van der Waals surface area contributed by atoms with Gasteiger partial charge in [0, 0.05) is 23.9 Å². The van der Waals surface area contributed by atoms with E-state index >= 15 is 0 Å². The maximum absolute atomic E-state index is 11.0. The Morgan fingerprint density at radius 1 is 1.05 bits per heavy atom. The van der Waals surface area contributed by atoms with Gasteiger partial charge < -0.3 is 18.9 Å². The van der Waals surface area contributed by atoms with Gasteiger partial charge in [-0.3, -0.25) is 0 Å². The second kappa shape index (κ2) is 9.91. The molecule has 1 aromatic rings. The summed E-state index contributed by atoms with van der Waals surface area (Å²) in [4.78, 5) is 3.76. The molecule has 0 bridgehead atoms. The van der Waals surface area contributed by atoms with Crippen molar-refractivity contribution in [2.24, 2.45) is 0 Å². The minimum Gasteiger partial charge on any atom is -0.475 e. The number of methoxy groups -OCH3 is 1. The van der Waals surface area contributed by atoms with Crippen LogP contribution in [0.4, 0.5) is 0 Å². The van der Waals surface area contributed by atoms with E-state index in [-0.39, 0.29) is 4.90 Å². The fourth-order valence-electron chi connectivity index (χ4n) is 1.27. The van der Waals surface area contributed by atoms with E-state index in [0.29, 0.717) is 45.5 Å². The average Bonchev–Trinajstić information content (AvgIpc) is 2.45. The van der Waals surface area contributed by atoms with Gasteiger partial charge in [-0.05, 0) is 6.07 Å². The van der Waals surface area contributed by atoms with Crippen LogP contribution in [-0.2, 0) is 23.3 Å². The predicted molar refractivity (Wildman–Crippen MR) is 76.3 cm³/mol. The van der Waals surface area contributed by atoms with Crippen LogP contribution >= 0.6 is 10.7 Å². The molecule has 0 spiro atoms. The van der Waals surface area contributed by atoms with E-state index in [2.05, 4.69) is 4.98 Å². The van der Waals surface area contributed by atoms with Crippen LogP contribution in [0.3, 0.4) is 0 Å². The van der Waals surface area contributed by atoms with Crippen LogP contribution in [0.15, 0.2) is 23.2 Å². The molecule has 0 saturated carbocycles. The Morgan fingerprint density at radius 3 is 2.19 bits per heavy atom. The molecule has 9 heteroatoms. The third kappa shape index (κ3) is 8.18. The molecule has 0 aliphatic rings. The summed E-state index contributed by atoms with van der Waals surface area (Å²) in [5.41, 5.74) is 0. The summed E-state index contributed by atoms with van der Waals surface area (Å²) in [6.45, 7) is 2.73. The largest absolute Gasteiger partial charge is 0.475 e. The minimum atomic E-state index is -3.76. The molecule has 0 saturated heterocycles. The third-order valence-corrected chi connectivity index (χ3v) is 3.61. The summed E-state index contributed by atoms with van der Waals surface area (Å²) in [5.74, 6) is 0.305.